The molecule has 0 radical (unpaired) electrons. The van der Waals surface area contributed by atoms with E-state index in [2.05, 4.69) is 6.92 Å². The van der Waals surface area contributed by atoms with Crippen molar-refractivity contribution in [2.75, 3.05) is 6.61 Å². The molecule has 1 rings (SSSR count). The van der Waals surface area contributed by atoms with Gasteiger partial charge in [0.2, 0.25) is 0 Å². The number of unbranched alkanes of at least 4 members (excludes halogenated alkanes) is 6. The summed E-state index contributed by atoms with van der Waals surface area (Å²) in [5, 5.41) is 0. The van der Waals surface area contributed by atoms with E-state index in [4.69, 9.17) is 9.47 Å². The molecule has 3 heteroatoms. The SMILES string of the molecule is CCCCCCCCCc1ccc(OC(=O)OCCC)cc1. The van der Waals surface area contributed by atoms with Crippen LogP contribution in [-0.2, 0) is 11.2 Å². The van der Waals surface area contributed by atoms with Crippen LogP contribution >= 0.6 is 0 Å². The van der Waals surface area contributed by atoms with Crippen molar-refractivity contribution in [2.45, 2.75) is 71.6 Å². The quantitative estimate of drug-likeness (QED) is 0.290. The first-order valence-electron chi connectivity index (χ1n) is 8.69. The summed E-state index contributed by atoms with van der Waals surface area (Å²) in [4.78, 5) is 11.3. The highest BCUT2D eigenvalue weighted by atomic mass is 16.7. The number of hydrogen-bond acceptors (Lipinski definition) is 3. The van der Waals surface area contributed by atoms with Gasteiger partial charge in [0.05, 0.1) is 6.61 Å². The lowest BCUT2D eigenvalue weighted by Crippen LogP contribution is -2.10. The van der Waals surface area contributed by atoms with E-state index in [1.165, 1.54) is 50.5 Å². The number of carbonyl (C=O) groups is 1. The summed E-state index contributed by atoms with van der Waals surface area (Å²) in [7, 11) is 0. The van der Waals surface area contributed by atoms with Gasteiger partial charge in [-0.2, -0.15) is 0 Å². The molecule has 0 unspecified atom stereocenters. The zero-order valence-corrected chi connectivity index (χ0v) is 14.1. The molecule has 0 N–H and O–H groups in total. The van der Waals surface area contributed by atoms with E-state index >= 15 is 0 Å². The Morgan fingerprint density at radius 3 is 2.14 bits per heavy atom. The lowest BCUT2D eigenvalue weighted by atomic mass is 10.0. The van der Waals surface area contributed by atoms with Gasteiger partial charge in [-0.3, -0.25) is 0 Å². The molecular weight excluding hydrogens is 276 g/mol. The average Bonchev–Trinajstić information content (AvgIpc) is 2.53. The van der Waals surface area contributed by atoms with Crippen molar-refractivity contribution in [3.8, 4) is 5.75 Å². The minimum absolute atomic E-state index is 0.398. The number of aryl methyl sites for hydroxylation is 1. The summed E-state index contributed by atoms with van der Waals surface area (Å²) in [5.74, 6) is 0.546. The van der Waals surface area contributed by atoms with Crippen LogP contribution in [0.5, 0.6) is 5.75 Å². The van der Waals surface area contributed by atoms with Crippen molar-refractivity contribution >= 4 is 6.16 Å². The Balaban J connectivity index is 2.17. The molecule has 0 aromatic heterocycles. The molecule has 0 atom stereocenters. The van der Waals surface area contributed by atoms with E-state index in [1.807, 2.05) is 31.2 Å². The van der Waals surface area contributed by atoms with Crippen molar-refractivity contribution in [1.29, 1.82) is 0 Å². The molecule has 0 spiro atoms. The third-order valence-corrected chi connectivity index (χ3v) is 3.62. The highest BCUT2D eigenvalue weighted by Gasteiger charge is 2.05. The van der Waals surface area contributed by atoms with Gasteiger partial charge in [-0.1, -0.05) is 64.5 Å². The number of rotatable bonds is 11. The summed E-state index contributed by atoms with van der Waals surface area (Å²) in [6.45, 7) is 4.60. The van der Waals surface area contributed by atoms with Crippen LogP contribution < -0.4 is 4.74 Å². The lowest BCUT2D eigenvalue weighted by molar-refractivity contribution is 0.0991. The van der Waals surface area contributed by atoms with E-state index in [0.717, 1.165) is 12.8 Å². The molecular formula is C19H30O3. The van der Waals surface area contributed by atoms with Crippen LogP contribution in [0, 0.1) is 0 Å². The Hall–Kier alpha value is -1.51. The molecule has 0 bridgehead atoms. The second-order valence-corrected chi connectivity index (χ2v) is 5.72. The minimum Gasteiger partial charge on any atom is -0.434 e. The van der Waals surface area contributed by atoms with Crippen LogP contribution in [0.4, 0.5) is 4.79 Å². The van der Waals surface area contributed by atoms with Crippen molar-refractivity contribution in [3.05, 3.63) is 29.8 Å². The van der Waals surface area contributed by atoms with Gasteiger partial charge in [0.1, 0.15) is 5.75 Å². The van der Waals surface area contributed by atoms with Crippen molar-refractivity contribution in [2.24, 2.45) is 0 Å². The topological polar surface area (TPSA) is 35.5 Å². The summed E-state index contributed by atoms with van der Waals surface area (Å²) < 4.78 is 9.97. The second kappa shape index (κ2) is 12.1. The Morgan fingerprint density at radius 1 is 0.864 bits per heavy atom. The van der Waals surface area contributed by atoms with Gasteiger partial charge in [0.15, 0.2) is 0 Å². The third kappa shape index (κ3) is 8.71. The lowest BCUT2D eigenvalue weighted by Gasteiger charge is -2.06. The molecule has 0 amide bonds. The number of hydrogen-bond donors (Lipinski definition) is 0. The van der Waals surface area contributed by atoms with Gasteiger partial charge < -0.3 is 9.47 Å². The second-order valence-electron chi connectivity index (χ2n) is 5.72. The monoisotopic (exact) mass is 306 g/mol. The highest BCUT2D eigenvalue weighted by Crippen LogP contribution is 2.15. The molecule has 0 aliphatic carbocycles. The zero-order valence-electron chi connectivity index (χ0n) is 14.1. The minimum atomic E-state index is -0.623. The third-order valence-electron chi connectivity index (χ3n) is 3.62. The number of ether oxygens (including phenoxy) is 2. The van der Waals surface area contributed by atoms with Crippen molar-refractivity contribution < 1.29 is 14.3 Å². The Morgan fingerprint density at radius 2 is 1.50 bits per heavy atom. The van der Waals surface area contributed by atoms with Crippen LogP contribution in [0.3, 0.4) is 0 Å². The predicted octanol–water partition coefficient (Wildman–Crippen LogP) is 5.91. The fourth-order valence-corrected chi connectivity index (χ4v) is 2.32. The maximum atomic E-state index is 11.3. The summed E-state index contributed by atoms with van der Waals surface area (Å²) in [6.07, 6.45) is 10.5. The van der Waals surface area contributed by atoms with Gasteiger partial charge in [-0.15, -0.1) is 0 Å². The fourth-order valence-electron chi connectivity index (χ4n) is 2.32. The maximum absolute atomic E-state index is 11.3. The van der Waals surface area contributed by atoms with E-state index < -0.39 is 6.16 Å². The summed E-state index contributed by atoms with van der Waals surface area (Å²) in [5.41, 5.74) is 1.29. The van der Waals surface area contributed by atoms with E-state index in [0.29, 0.717) is 12.4 Å². The van der Waals surface area contributed by atoms with Gasteiger partial charge >= 0.3 is 6.16 Å². The molecule has 0 saturated carbocycles. The number of carbonyl (C=O) groups excluding carboxylic acids is 1. The van der Waals surface area contributed by atoms with Crippen LogP contribution in [0.2, 0.25) is 0 Å². The molecule has 0 heterocycles. The van der Waals surface area contributed by atoms with E-state index in [-0.39, 0.29) is 0 Å². The molecule has 3 nitrogen and oxygen atoms in total. The molecule has 0 aliphatic heterocycles. The van der Waals surface area contributed by atoms with Crippen LogP contribution in [0.1, 0.15) is 70.8 Å². The van der Waals surface area contributed by atoms with Gasteiger partial charge in [-0.05, 0) is 37.0 Å². The summed E-state index contributed by atoms with van der Waals surface area (Å²) >= 11 is 0. The normalized spacial score (nSPS) is 10.5. The van der Waals surface area contributed by atoms with Gasteiger partial charge in [0.25, 0.3) is 0 Å². The van der Waals surface area contributed by atoms with Gasteiger partial charge in [-0.25, -0.2) is 4.79 Å². The highest BCUT2D eigenvalue weighted by molar-refractivity contribution is 5.63. The summed E-state index contributed by atoms with van der Waals surface area (Å²) in [6, 6.07) is 7.73. The zero-order chi connectivity index (χ0) is 16.0. The standard InChI is InChI=1S/C19H30O3/c1-3-5-6-7-8-9-10-11-17-12-14-18(15-13-17)22-19(20)21-16-4-2/h12-15H,3-11,16H2,1-2H3. The molecule has 124 valence electrons. The van der Waals surface area contributed by atoms with E-state index in [9.17, 15) is 4.79 Å². The molecule has 0 fully saturated rings. The maximum Gasteiger partial charge on any atom is 0.513 e. The first kappa shape index (κ1) is 18.5. The molecule has 1 aromatic carbocycles. The van der Waals surface area contributed by atoms with Crippen molar-refractivity contribution in [3.63, 3.8) is 0 Å². The smallest absolute Gasteiger partial charge is 0.434 e. The molecule has 22 heavy (non-hydrogen) atoms. The van der Waals surface area contributed by atoms with Crippen LogP contribution in [-0.4, -0.2) is 12.8 Å². The molecule has 0 saturated heterocycles. The average molecular weight is 306 g/mol. The van der Waals surface area contributed by atoms with E-state index in [1.54, 1.807) is 0 Å². The Bertz CT molecular complexity index is 398. The fraction of sp³-hybridized carbons (Fsp3) is 0.632. The first-order chi connectivity index (χ1) is 10.8. The van der Waals surface area contributed by atoms with Crippen molar-refractivity contribution in [1.82, 2.24) is 0 Å². The van der Waals surface area contributed by atoms with Gasteiger partial charge in [0, 0.05) is 0 Å². The molecule has 0 aliphatic rings. The van der Waals surface area contributed by atoms with Crippen LogP contribution in [0.15, 0.2) is 24.3 Å². The Kier molecular flexibility index (Phi) is 10.2. The first-order valence-corrected chi connectivity index (χ1v) is 8.69. The Labute approximate surface area is 135 Å². The largest absolute Gasteiger partial charge is 0.513 e. The van der Waals surface area contributed by atoms with Crippen LogP contribution in [0.25, 0.3) is 0 Å². The number of benzene rings is 1. The molecule has 1 aromatic rings. The predicted molar refractivity (Wildman–Crippen MR) is 90.4 cm³/mol.